The maximum Gasteiger partial charge on any atom is 0.508 e. The summed E-state index contributed by atoms with van der Waals surface area (Å²) in [5.41, 5.74) is 14.3. The van der Waals surface area contributed by atoms with Gasteiger partial charge in [-0.1, -0.05) is 218 Å². The molecule has 0 unspecified atom stereocenters. The van der Waals surface area contributed by atoms with E-state index in [1.54, 1.807) is 7.11 Å². The van der Waals surface area contributed by atoms with E-state index in [-0.39, 0.29) is 72.0 Å². The molecule has 0 bridgehead atoms. The Morgan fingerprint density at radius 3 is 0.964 bits per heavy atom. The van der Waals surface area contributed by atoms with Crippen molar-refractivity contribution in [3.63, 3.8) is 0 Å². The molecule has 0 aliphatic heterocycles. The maximum atomic E-state index is 13.1. The van der Waals surface area contributed by atoms with Gasteiger partial charge in [-0.3, -0.25) is 4.79 Å². The van der Waals surface area contributed by atoms with Crippen molar-refractivity contribution in [3.8, 4) is 67.9 Å². The third kappa shape index (κ3) is 14.2. The predicted molar refractivity (Wildman–Crippen MR) is 425 cm³/mol. The molecule has 0 radical (unpaired) electrons. The zero-order valence-corrected chi connectivity index (χ0v) is 60.8. The summed E-state index contributed by atoms with van der Waals surface area (Å²) in [6.07, 6.45) is -1.71. The highest BCUT2D eigenvalue weighted by atomic mass is 16.7. The van der Waals surface area contributed by atoms with E-state index in [1.807, 2.05) is 121 Å². The Balaban J connectivity index is 0.526. The summed E-state index contributed by atoms with van der Waals surface area (Å²) in [6, 6.07) is 100. The molecule has 0 atom stereocenters. The molecule has 0 saturated carbocycles. The lowest BCUT2D eigenvalue weighted by molar-refractivity contribution is -0.141. The van der Waals surface area contributed by atoms with Gasteiger partial charge in [-0.15, -0.1) is 0 Å². The van der Waals surface area contributed by atoms with Crippen molar-refractivity contribution in [2.24, 2.45) is 0 Å². The number of hydrogen-bond donors (Lipinski definition) is 0. The van der Waals surface area contributed by atoms with Crippen LogP contribution in [0.5, 0.6) is 34.5 Å². The third-order valence-electron chi connectivity index (χ3n) is 20.5. The number of carbonyl (C=O) groups excluding carboxylic acids is 3. The molecule has 2 aliphatic rings. The predicted octanol–water partition coefficient (Wildman–Crippen LogP) is 19.9. The van der Waals surface area contributed by atoms with Gasteiger partial charge in [-0.25, -0.2) is 9.59 Å². The minimum Gasteiger partial charge on any atom is -0.491 e. The second-order valence-corrected chi connectivity index (χ2v) is 26.8. The number of esters is 1. The lowest BCUT2D eigenvalue weighted by atomic mass is 9.67. The molecule has 2 aliphatic carbocycles. The first kappa shape index (κ1) is 71.2. The Kier molecular flexibility index (Phi) is 20.8. The molecule has 14 aromatic carbocycles. The molecule has 0 spiro atoms. The van der Waals surface area contributed by atoms with E-state index >= 15 is 0 Å². The van der Waals surface area contributed by atoms with Gasteiger partial charge < -0.3 is 56.8 Å². The first-order chi connectivity index (χ1) is 54.1. The summed E-state index contributed by atoms with van der Waals surface area (Å²) < 4.78 is 69.5. The van der Waals surface area contributed by atoms with Crippen LogP contribution in [0.1, 0.15) is 51.4 Å². The zero-order chi connectivity index (χ0) is 74.8. The summed E-state index contributed by atoms with van der Waals surface area (Å²) in [5.74, 6) is 3.45. The molecule has 14 aromatic rings. The van der Waals surface area contributed by atoms with Crippen molar-refractivity contribution in [3.05, 3.63) is 336 Å². The molecule has 15 heteroatoms. The Morgan fingerprint density at radius 1 is 0.264 bits per heavy atom. The summed E-state index contributed by atoms with van der Waals surface area (Å²) in [4.78, 5) is 37.4. The minimum absolute atomic E-state index is 0.0136. The first-order valence-corrected chi connectivity index (χ1v) is 36.9. The smallest absolute Gasteiger partial charge is 0.491 e. The Labute approximate surface area is 636 Å². The lowest BCUT2D eigenvalue weighted by Gasteiger charge is -2.34. The van der Waals surface area contributed by atoms with Gasteiger partial charge in [-0.2, -0.15) is 0 Å². The summed E-state index contributed by atoms with van der Waals surface area (Å²) >= 11 is 0. The lowest BCUT2D eigenvalue weighted by Crippen LogP contribution is -2.28. The third-order valence-corrected chi connectivity index (χ3v) is 20.5. The van der Waals surface area contributed by atoms with Gasteiger partial charge in [0.1, 0.15) is 107 Å². The topological polar surface area (TPSA) is 162 Å². The fourth-order valence-electron chi connectivity index (χ4n) is 15.8. The minimum atomic E-state index is -0.855. The Hall–Kier alpha value is -13.1. The normalized spacial score (nSPS) is 12.6. The molecule has 16 rings (SSSR count). The Bertz CT molecular complexity index is 5620. The van der Waals surface area contributed by atoms with E-state index in [9.17, 15) is 14.4 Å². The van der Waals surface area contributed by atoms with Crippen LogP contribution in [0.3, 0.4) is 0 Å². The number of ether oxygens (including phenoxy) is 12. The number of carbonyl (C=O) groups is 3. The zero-order valence-electron chi connectivity index (χ0n) is 60.8. The molecule has 0 heterocycles. The summed E-state index contributed by atoms with van der Waals surface area (Å²) in [7, 11) is 1.66. The molecular formula is C95H78O15. The highest BCUT2D eigenvalue weighted by Crippen LogP contribution is 2.58. The molecule has 0 saturated heterocycles. The van der Waals surface area contributed by atoms with Crippen LogP contribution in [0.2, 0.25) is 0 Å². The Morgan fingerprint density at radius 2 is 0.564 bits per heavy atom. The van der Waals surface area contributed by atoms with E-state index in [0.29, 0.717) is 42.0 Å². The largest absolute Gasteiger partial charge is 0.508 e. The van der Waals surface area contributed by atoms with E-state index < -0.39 is 23.1 Å². The van der Waals surface area contributed by atoms with Crippen molar-refractivity contribution in [2.75, 3.05) is 86.4 Å². The van der Waals surface area contributed by atoms with Gasteiger partial charge in [0.15, 0.2) is 0 Å². The average molecular weight is 1460 g/mol. The molecule has 0 fully saturated rings. The van der Waals surface area contributed by atoms with Crippen molar-refractivity contribution >= 4 is 61.4 Å². The second kappa shape index (κ2) is 32.1. The van der Waals surface area contributed by atoms with Gasteiger partial charge in [0.25, 0.3) is 0 Å². The average Bonchev–Trinajstić information content (AvgIpc) is 1.54. The first-order valence-electron chi connectivity index (χ1n) is 36.9. The number of fused-ring (bicyclic) bond motifs is 10. The van der Waals surface area contributed by atoms with Gasteiger partial charge >= 0.3 is 18.3 Å². The standard InChI is InChI=1S/C95H78O15/c1-63(96)100-49-50-103-76-39-29-66-59-72(33-27-68(66)61-76)95(86-25-13-9-21-82(86)83-22-10-14-26-87(83)95)73-34-28-69-62-77(40-30-67(69)60-73)104-52-56-108-93(98)110-58-54-106-89-46-32-65-16-4-6-18-79(65)91(89)90-78-17-5-3-15-64(78)31-45-88(90)105-53-57-109-92(97)107-55-51-102-75-43-37-71(38-44-75)94(70-35-41-74(42-36-70)101-48-47-99-2)84-23-11-7-19-80(84)81-20-8-12-24-85(81)94/h3-46,59-62H,47-58H2,1-2H3. The van der Waals surface area contributed by atoms with Gasteiger partial charge in [-0.05, 0) is 183 Å². The quantitative estimate of drug-likeness (QED) is 0.0247. The van der Waals surface area contributed by atoms with Crippen LogP contribution in [0.15, 0.2) is 291 Å². The fraction of sp³-hybridized carbons (Fsp3) is 0.168. The molecular weight excluding hydrogens is 1380 g/mol. The SMILES string of the molecule is COCCOc1ccc(C2(c3ccc(OCCOC(=O)OCCOc4ccc5ccccc5c4-c4c(OCCOC(=O)OCCOc5ccc6cc(C7(c8ccc9cc(OCCOC(C)=O)ccc9c8)c8ccccc8-c8ccccc87)ccc6c5)ccc5ccccc45)cc3)c3ccccc3-c3ccccc32)cc1. The second-order valence-electron chi connectivity index (χ2n) is 26.8. The van der Waals surface area contributed by atoms with E-state index in [2.05, 4.69) is 170 Å². The van der Waals surface area contributed by atoms with Crippen molar-refractivity contribution < 1.29 is 71.2 Å². The summed E-state index contributed by atoms with van der Waals surface area (Å²) in [6.45, 7) is 2.70. The highest BCUT2D eigenvalue weighted by Gasteiger charge is 2.48. The number of hydrogen-bond acceptors (Lipinski definition) is 15. The maximum absolute atomic E-state index is 13.1. The molecule has 110 heavy (non-hydrogen) atoms. The van der Waals surface area contributed by atoms with Crippen LogP contribution in [-0.2, 0) is 44.0 Å². The molecule has 548 valence electrons. The molecule has 0 aromatic heterocycles. The molecule has 0 amide bonds. The number of rotatable bonds is 29. The van der Waals surface area contributed by atoms with E-state index in [1.165, 1.54) is 51.4 Å². The highest BCUT2D eigenvalue weighted by molar-refractivity contribution is 6.10. The number of methoxy groups -OCH3 is 1. The van der Waals surface area contributed by atoms with Crippen LogP contribution >= 0.6 is 0 Å². The van der Waals surface area contributed by atoms with Gasteiger partial charge in [0, 0.05) is 25.2 Å². The van der Waals surface area contributed by atoms with E-state index in [4.69, 9.17) is 56.8 Å². The molecule has 0 N–H and O–H groups in total. The van der Waals surface area contributed by atoms with Crippen molar-refractivity contribution in [1.82, 2.24) is 0 Å². The van der Waals surface area contributed by atoms with Crippen molar-refractivity contribution in [1.29, 1.82) is 0 Å². The van der Waals surface area contributed by atoms with Crippen LogP contribution in [0, 0.1) is 0 Å². The van der Waals surface area contributed by atoms with E-state index in [0.717, 1.165) is 82.2 Å². The summed E-state index contributed by atoms with van der Waals surface area (Å²) in [5, 5.41) is 7.88. The van der Waals surface area contributed by atoms with Gasteiger partial charge in [0.05, 0.1) is 17.4 Å². The molecule has 15 nitrogen and oxygen atoms in total. The fourth-order valence-corrected chi connectivity index (χ4v) is 15.8. The van der Waals surface area contributed by atoms with Gasteiger partial charge in [0.2, 0.25) is 0 Å². The van der Waals surface area contributed by atoms with Crippen molar-refractivity contribution in [2.45, 2.75) is 17.8 Å². The monoisotopic (exact) mass is 1460 g/mol. The number of benzene rings is 14. The van der Waals surface area contributed by atoms with Crippen LogP contribution in [-0.4, -0.2) is 105 Å². The van der Waals surface area contributed by atoms with Crippen LogP contribution in [0.4, 0.5) is 9.59 Å². The van der Waals surface area contributed by atoms with Crippen LogP contribution < -0.4 is 28.4 Å². The van der Waals surface area contributed by atoms with Crippen LogP contribution in [0.25, 0.3) is 76.5 Å².